The Labute approximate surface area is 357 Å². The summed E-state index contributed by atoms with van der Waals surface area (Å²) in [5.74, 6) is -2.20. The minimum absolute atomic E-state index is 0.0330. The highest BCUT2D eigenvalue weighted by molar-refractivity contribution is 5.87. The number of ether oxygens (including phenoxy) is 4. The van der Waals surface area contributed by atoms with Gasteiger partial charge >= 0.3 is 5.97 Å². The summed E-state index contributed by atoms with van der Waals surface area (Å²) < 4.78 is 21.5. The van der Waals surface area contributed by atoms with Crippen molar-refractivity contribution in [2.24, 2.45) is 11.5 Å². The van der Waals surface area contributed by atoms with Crippen LogP contribution in [-0.2, 0) is 47.7 Å². The van der Waals surface area contributed by atoms with Crippen LogP contribution in [0.15, 0.2) is 0 Å². The molecule has 0 fully saturated rings. The number of amides is 4. The maximum Gasteiger partial charge on any atom is 0.303 e. The van der Waals surface area contributed by atoms with E-state index in [0.717, 1.165) is 38.5 Å². The highest BCUT2D eigenvalue weighted by atomic mass is 16.5. The molecule has 0 aromatic carbocycles. The number of nitrogens with one attached hydrogen (secondary N) is 5. The quantitative estimate of drug-likeness (QED) is 0.0302. The Hall–Kier alpha value is -3.30. The van der Waals surface area contributed by atoms with Crippen molar-refractivity contribution in [1.29, 1.82) is 0 Å². The molecule has 0 unspecified atom stereocenters. The van der Waals surface area contributed by atoms with Gasteiger partial charge in [0.05, 0.1) is 58.8 Å². The molecular weight excluding hydrogens is 782 g/mol. The number of carboxylic acid groups (broad SMARTS) is 1. The Morgan fingerprint density at radius 2 is 0.950 bits per heavy atom. The predicted octanol–water partition coefficient (Wildman–Crippen LogP) is 0.777. The molecule has 0 aromatic heterocycles. The van der Waals surface area contributed by atoms with Crippen molar-refractivity contribution in [2.75, 3.05) is 92.3 Å². The van der Waals surface area contributed by atoms with Gasteiger partial charge in [0.25, 0.3) is 0 Å². The molecule has 0 bridgehead atoms. The first-order valence-electron chi connectivity index (χ1n) is 22.0. The number of primary amides is 1. The van der Waals surface area contributed by atoms with Gasteiger partial charge in [0, 0.05) is 39.1 Å². The summed E-state index contributed by atoms with van der Waals surface area (Å²) in [6.45, 7) is 1.97. The molecule has 4 amide bonds. The number of carbonyl (C=O) groups is 6. The van der Waals surface area contributed by atoms with E-state index in [-0.39, 0.29) is 82.8 Å². The number of aliphatic hydroxyl groups excluding tert-OH is 1. The highest BCUT2D eigenvalue weighted by Gasteiger charge is 2.20. The minimum Gasteiger partial charge on any atom is -0.481 e. The van der Waals surface area contributed by atoms with Crippen LogP contribution in [0.3, 0.4) is 0 Å². The number of hydrogen-bond acceptors (Lipinski definition) is 14. The Morgan fingerprint density at radius 3 is 1.42 bits per heavy atom. The third kappa shape index (κ3) is 38.9. The largest absolute Gasteiger partial charge is 0.481 e. The van der Waals surface area contributed by atoms with E-state index in [1.165, 1.54) is 51.4 Å². The number of rotatable bonds is 46. The lowest BCUT2D eigenvalue weighted by Gasteiger charge is -2.18. The molecular formula is C41H79N7O12. The summed E-state index contributed by atoms with van der Waals surface area (Å²) in [5, 5.41) is 31.6. The third-order valence-electron chi connectivity index (χ3n) is 9.44. The molecule has 11 N–H and O–H groups in total. The van der Waals surface area contributed by atoms with E-state index in [1.807, 2.05) is 0 Å². The van der Waals surface area contributed by atoms with Crippen molar-refractivity contribution in [3.63, 3.8) is 0 Å². The van der Waals surface area contributed by atoms with Gasteiger partial charge in [-0.25, -0.2) is 0 Å². The van der Waals surface area contributed by atoms with E-state index in [9.17, 15) is 28.8 Å². The van der Waals surface area contributed by atoms with E-state index in [0.29, 0.717) is 58.5 Å². The molecule has 60 heavy (non-hydrogen) atoms. The molecule has 0 aliphatic heterocycles. The normalized spacial score (nSPS) is 12.2. The maximum absolute atomic E-state index is 12.4. The van der Waals surface area contributed by atoms with Crippen LogP contribution in [0.25, 0.3) is 0 Å². The molecule has 19 nitrogen and oxygen atoms in total. The van der Waals surface area contributed by atoms with Crippen molar-refractivity contribution in [2.45, 2.75) is 134 Å². The molecule has 2 atom stereocenters. The average molecular weight is 862 g/mol. The fourth-order valence-corrected chi connectivity index (χ4v) is 5.99. The molecule has 0 aliphatic carbocycles. The van der Waals surface area contributed by atoms with Crippen LogP contribution in [-0.4, -0.2) is 150 Å². The summed E-state index contributed by atoms with van der Waals surface area (Å²) in [6.07, 6.45) is 18.6. The van der Waals surface area contributed by atoms with Crippen LogP contribution in [0.2, 0.25) is 0 Å². The van der Waals surface area contributed by atoms with E-state index >= 15 is 0 Å². The van der Waals surface area contributed by atoms with Crippen LogP contribution in [0, 0.1) is 0 Å². The van der Waals surface area contributed by atoms with Crippen LogP contribution < -0.4 is 38.1 Å². The molecule has 0 aliphatic rings. The second-order valence-corrected chi connectivity index (χ2v) is 14.7. The van der Waals surface area contributed by atoms with E-state index in [4.69, 9.17) is 40.6 Å². The first-order valence-corrected chi connectivity index (χ1v) is 22.0. The number of hydrogen-bond donors (Lipinski definition) is 9. The van der Waals surface area contributed by atoms with Gasteiger partial charge in [0.15, 0.2) is 5.78 Å². The van der Waals surface area contributed by atoms with Gasteiger partial charge in [-0.1, -0.05) is 77.0 Å². The van der Waals surface area contributed by atoms with Crippen molar-refractivity contribution in [3.05, 3.63) is 0 Å². The molecule has 0 spiro atoms. The van der Waals surface area contributed by atoms with Crippen LogP contribution in [0.4, 0.5) is 0 Å². The molecule has 0 aromatic rings. The zero-order valence-electron chi connectivity index (χ0n) is 36.1. The highest BCUT2D eigenvalue weighted by Crippen LogP contribution is 2.14. The summed E-state index contributed by atoms with van der Waals surface area (Å²) in [7, 11) is 0. The van der Waals surface area contributed by atoms with Crippen LogP contribution in [0.1, 0.15) is 122 Å². The van der Waals surface area contributed by atoms with Crippen molar-refractivity contribution < 1.29 is 57.9 Å². The van der Waals surface area contributed by atoms with Crippen molar-refractivity contribution in [1.82, 2.24) is 26.6 Å². The number of aliphatic hydroxyl groups is 1. The Balaban J connectivity index is 3.51. The minimum atomic E-state index is -1.00. The Kier molecular flexibility index (Phi) is 40.1. The number of aliphatic carboxylic acids is 1. The van der Waals surface area contributed by atoms with Gasteiger partial charge in [-0.2, -0.15) is 0 Å². The summed E-state index contributed by atoms with van der Waals surface area (Å²) >= 11 is 0. The molecule has 19 heteroatoms. The van der Waals surface area contributed by atoms with Gasteiger partial charge in [-0.15, -0.1) is 0 Å². The predicted molar refractivity (Wildman–Crippen MR) is 227 cm³/mol. The van der Waals surface area contributed by atoms with Crippen molar-refractivity contribution in [3.8, 4) is 0 Å². The van der Waals surface area contributed by atoms with Gasteiger partial charge in [0.1, 0.15) is 19.3 Å². The molecule has 0 saturated heterocycles. The Bertz CT molecular complexity index is 1120. The molecule has 350 valence electrons. The first-order chi connectivity index (χ1) is 29.1. The van der Waals surface area contributed by atoms with Crippen molar-refractivity contribution >= 4 is 35.4 Å². The topological polar surface area (TPSA) is 292 Å². The van der Waals surface area contributed by atoms with E-state index < -0.39 is 30.6 Å². The van der Waals surface area contributed by atoms with Gasteiger partial charge < -0.3 is 56.6 Å². The standard InChI is InChI=1S/C41H79N7O12/c42-33-48-34(36(50)29-47-35(30-49)41(43)56)17-15-16-20-44-38(52)31-59-27-26-58-24-22-46-39(53)32-60-28-25-57-23-21-45-37(51)18-13-11-9-7-5-3-1-2-4-6-8-10-12-14-19-40(54)55/h34-35,47-49H,1-33,42H2,(H2,43,56)(H,44,52)(H,45,51)(H,46,53)(H,54,55)/t34-,35-/m0/s1. The third-order valence-corrected chi connectivity index (χ3v) is 9.44. The van der Waals surface area contributed by atoms with Gasteiger partial charge in [0.2, 0.25) is 23.6 Å². The lowest BCUT2D eigenvalue weighted by molar-refractivity contribution is -0.137. The maximum atomic E-state index is 12.4. The molecule has 0 saturated carbocycles. The zero-order chi connectivity index (χ0) is 44.3. The number of carbonyl (C=O) groups excluding carboxylic acids is 5. The molecule has 0 rings (SSSR count). The number of carboxylic acids is 1. The number of unbranched alkanes of at least 4 members (excludes halogenated alkanes) is 14. The molecule has 0 radical (unpaired) electrons. The lowest BCUT2D eigenvalue weighted by Crippen LogP contribution is -2.50. The van der Waals surface area contributed by atoms with E-state index in [2.05, 4.69) is 26.6 Å². The van der Waals surface area contributed by atoms with Crippen LogP contribution >= 0.6 is 0 Å². The SMILES string of the molecule is NCN[C@@H](CCCCNC(=O)COCCOCCNC(=O)COCCOCCNC(=O)CCCCCCCCCCCCCCCCC(=O)O)C(=O)CN[C@@H](CO)C(N)=O. The monoisotopic (exact) mass is 862 g/mol. The smallest absolute Gasteiger partial charge is 0.303 e. The first kappa shape index (κ1) is 56.7. The summed E-state index contributed by atoms with van der Waals surface area (Å²) in [6, 6.07) is -1.54. The Morgan fingerprint density at radius 1 is 0.500 bits per heavy atom. The second kappa shape index (κ2) is 42.4. The van der Waals surface area contributed by atoms with Gasteiger partial charge in [-0.3, -0.25) is 39.4 Å². The zero-order valence-corrected chi connectivity index (χ0v) is 36.1. The fourth-order valence-electron chi connectivity index (χ4n) is 5.99. The lowest BCUT2D eigenvalue weighted by atomic mass is 10.0. The summed E-state index contributed by atoms with van der Waals surface area (Å²) in [4.78, 5) is 70.1. The summed E-state index contributed by atoms with van der Waals surface area (Å²) in [5.41, 5.74) is 10.7. The number of nitrogens with two attached hydrogens (primary N) is 2. The molecule has 0 heterocycles. The fraction of sp³-hybridized carbons (Fsp3) is 0.854. The average Bonchev–Trinajstić information content (AvgIpc) is 3.21. The number of Topliss-reactive ketones (excluding diaryl/α,β-unsaturated/α-hetero) is 1. The van der Waals surface area contributed by atoms with Crippen LogP contribution in [0.5, 0.6) is 0 Å². The second-order valence-electron chi connectivity index (χ2n) is 14.7. The number of ketones is 1. The van der Waals surface area contributed by atoms with Gasteiger partial charge in [-0.05, 0) is 32.1 Å². The van der Waals surface area contributed by atoms with E-state index in [1.54, 1.807) is 0 Å².